The topological polar surface area (TPSA) is 49.4 Å². The lowest BCUT2D eigenvalue weighted by Gasteiger charge is -2.12. The maximum atomic E-state index is 11.6. The Kier molecular flexibility index (Phi) is 6.65. The Balaban J connectivity index is 2.36. The van der Waals surface area contributed by atoms with Gasteiger partial charge in [0.1, 0.15) is 0 Å². The number of hydrogen-bond acceptors (Lipinski definition) is 3. The molecule has 0 aromatic heterocycles. The van der Waals surface area contributed by atoms with E-state index in [9.17, 15) is 8.42 Å². The Morgan fingerprint density at radius 3 is 2.15 bits per heavy atom. The fraction of sp³-hybridized carbons (Fsp3) is 0.600. The lowest BCUT2D eigenvalue weighted by atomic mass is 10.0. The van der Waals surface area contributed by atoms with E-state index < -0.39 is 10.0 Å². The SMILES string of the molecule is CC(C)Cc1ccc(CNCCS(=O)(=O)N(C)C)cc1. The van der Waals surface area contributed by atoms with E-state index in [1.165, 1.54) is 15.4 Å². The molecule has 1 aromatic rings. The second kappa shape index (κ2) is 7.76. The molecule has 0 amide bonds. The molecule has 0 atom stereocenters. The summed E-state index contributed by atoms with van der Waals surface area (Å²) in [6.45, 7) is 5.58. The number of nitrogens with zero attached hydrogens (tertiary/aromatic N) is 1. The normalized spacial score (nSPS) is 12.3. The van der Waals surface area contributed by atoms with Crippen LogP contribution in [0.2, 0.25) is 0 Å². The molecule has 0 spiro atoms. The highest BCUT2D eigenvalue weighted by Gasteiger charge is 2.12. The number of nitrogens with one attached hydrogen (secondary N) is 1. The Labute approximate surface area is 123 Å². The van der Waals surface area contributed by atoms with Crippen LogP contribution in [0.15, 0.2) is 24.3 Å². The van der Waals surface area contributed by atoms with Crippen LogP contribution in [-0.4, -0.2) is 39.1 Å². The molecule has 114 valence electrons. The summed E-state index contributed by atoms with van der Waals surface area (Å²) in [5.41, 5.74) is 2.53. The van der Waals surface area contributed by atoms with Gasteiger partial charge in [-0.05, 0) is 23.5 Å². The third-order valence-corrected chi connectivity index (χ3v) is 4.92. The summed E-state index contributed by atoms with van der Waals surface area (Å²) >= 11 is 0. The van der Waals surface area contributed by atoms with Gasteiger partial charge in [-0.25, -0.2) is 12.7 Å². The summed E-state index contributed by atoms with van der Waals surface area (Å²) < 4.78 is 24.4. The Morgan fingerprint density at radius 1 is 1.10 bits per heavy atom. The molecule has 0 unspecified atom stereocenters. The molecule has 1 N–H and O–H groups in total. The molecule has 0 saturated carbocycles. The van der Waals surface area contributed by atoms with Gasteiger partial charge in [-0.1, -0.05) is 38.1 Å². The van der Waals surface area contributed by atoms with E-state index >= 15 is 0 Å². The zero-order valence-corrected chi connectivity index (χ0v) is 13.7. The molecule has 0 saturated heterocycles. The Hall–Kier alpha value is -0.910. The third-order valence-electron chi connectivity index (χ3n) is 3.09. The monoisotopic (exact) mass is 298 g/mol. The predicted molar refractivity (Wildman–Crippen MR) is 84.2 cm³/mol. The van der Waals surface area contributed by atoms with Gasteiger partial charge in [0.25, 0.3) is 0 Å². The van der Waals surface area contributed by atoms with Crippen molar-refractivity contribution in [2.24, 2.45) is 5.92 Å². The Bertz CT molecular complexity index is 493. The molecule has 1 aromatic carbocycles. The van der Waals surface area contributed by atoms with Gasteiger partial charge in [0.05, 0.1) is 5.75 Å². The van der Waals surface area contributed by atoms with Gasteiger partial charge < -0.3 is 5.32 Å². The van der Waals surface area contributed by atoms with E-state index in [2.05, 4.69) is 43.4 Å². The summed E-state index contributed by atoms with van der Waals surface area (Å²) in [5.74, 6) is 0.793. The van der Waals surface area contributed by atoms with Crippen LogP contribution in [0.25, 0.3) is 0 Å². The second-order valence-electron chi connectivity index (χ2n) is 5.69. The standard InChI is InChI=1S/C15H26N2O2S/c1-13(2)11-14-5-7-15(8-6-14)12-16-9-10-20(18,19)17(3)4/h5-8,13,16H,9-12H2,1-4H3. The van der Waals surface area contributed by atoms with E-state index in [1.54, 1.807) is 14.1 Å². The summed E-state index contributed by atoms with van der Waals surface area (Å²) in [7, 11) is 0.0146. The average molecular weight is 298 g/mol. The Morgan fingerprint density at radius 2 is 1.65 bits per heavy atom. The molecule has 0 radical (unpaired) electrons. The number of rotatable bonds is 8. The highest BCUT2D eigenvalue weighted by atomic mass is 32.2. The number of hydrogen-bond donors (Lipinski definition) is 1. The van der Waals surface area contributed by atoms with E-state index in [0.717, 1.165) is 6.42 Å². The zero-order valence-electron chi connectivity index (χ0n) is 12.9. The summed E-state index contributed by atoms with van der Waals surface area (Å²) in [6.07, 6.45) is 1.09. The van der Waals surface area contributed by atoms with Gasteiger partial charge in [0.15, 0.2) is 0 Å². The lowest BCUT2D eigenvalue weighted by molar-refractivity contribution is 0.517. The summed E-state index contributed by atoms with van der Waals surface area (Å²) in [5, 5.41) is 3.17. The molecule has 0 aliphatic rings. The highest BCUT2D eigenvalue weighted by molar-refractivity contribution is 7.89. The van der Waals surface area contributed by atoms with Crippen LogP contribution in [0.1, 0.15) is 25.0 Å². The molecular formula is C15H26N2O2S. The molecule has 20 heavy (non-hydrogen) atoms. The van der Waals surface area contributed by atoms with Crippen molar-refractivity contribution in [2.45, 2.75) is 26.8 Å². The van der Waals surface area contributed by atoms with Crippen LogP contribution in [0.3, 0.4) is 0 Å². The first kappa shape index (κ1) is 17.1. The smallest absolute Gasteiger partial charge is 0.214 e. The molecule has 1 rings (SSSR count). The average Bonchev–Trinajstić information content (AvgIpc) is 2.35. The molecular weight excluding hydrogens is 272 g/mol. The van der Waals surface area contributed by atoms with Gasteiger partial charge in [-0.3, -0.25) is 0 Å². The summed E-state index contributed by atoms with van der Waals surface area (Å²) in [4.78, 5) is 0. The maximum absolute atomic E-state index is 11.6. The number of benzene rings is 1. The third kappa shape index (κ3) is 6.03. The predicted octanol–water partition coefficient (Wildman–Crippen LogP) is 1.87. The van der Waals surface area contributed by atoms with Crippen LogP contribution in [0, 0.1) is 5.92 Å². The summed E-state index contributed by atoms with van der Waals surface area (Å²) in [6, 6.07) is 8.50. The molecule has 4 nitrogen and oxygen atoms in total. The van der Waals surface area contributed by atoms with Crippen LogP contribution >= 0.6 is 0 Å². The van der Waals surface area contributed by atoms with Crippen molar-refractivity contribution in [1.82, 2.24) is 9.62 Å². The molecule has 0 aliphatic heterocycles. The van der Waals surface area contributed by atoms with Gasteiger partial charge in [0.2, 0.25) is 10.0 Å². The van der Waals surface area contributed by atoms with Gasteiger partial charge >= 0.3 is 0 Å². The lowest BCUT2D eigenvalue weighted by Crippen LogP contribution is -2.30. The molecule has 0 fully saturated rings. The van der Waals surface area contributed by atoms with Crippen molar-refractivity contribution in [2.75, 3.05) is 26.4 Å². The van der Waals surface area contributed by atoms with E-state index in [0.29, 0.717) is 19.0 Å². The van der Waals surface area contributed by atoms with Crippen molar-refractivity contribution in [1.29, 1.82) is 0 Å². The quantitative estimate of drug-likeness (QED) is 0.745. The molecule has 0 bridgehead atoms. The van der Waals surface area contributed by atoms with Gasteiger partial charge in [0, 0.05) is 27.2 Å². The van der Waals surface area contributed by atoms with Crippen molar-refractivity contribution in [3.8, 4) is 0 Å². The van der Waals surface area contributed by atoms with Crippen molar-refractivity contribution in [3.05, 3.63) is 35.4 Å². The minimum Gasteiger partial charge on any atom is -0.312 e. The zero-order chi connectivity index (χ0) is 15.2. The number of sulfonamides is 1. The van der Waals surface area contributed by atoms with E-state index in [4.69, 9.17) is 0 Å². The minimum absolute atomic E-state index is 0.130. The van der Waals surface area contributed by atoms with Gasteiger partial charge in [-0.15, -0.1) is 0 Å². The van der Waals surface area contributed by atoms with Crippen LogP contribution in [-0.2, 0) is 23.0 Å². The largest absolute Gasteiger partial charge is 0.312 e. The van der Waals surface area contributed by atoms with Crippen LogP contribution in [0.4, 0.5) is 0 Å². The van der Waals surface area contributed by atoms with Crippen molar-refractivity contribution in [3.63, 3.8) is 0 Å². The van der Waals surface area contributed by atoms with Crippen molar-refractivity contribution < 1.29 is 8.42 Å². The minimum atomic E-state index is -3.10. The van der Waals surface area contributed by atoms with Crippen LogP contribution in [0.5, 0.6) is 0 Å². The second-order valence-corrected chi connectivity index (χ2v) is 7.99. The van der Waals surface area contributed by atoms with E-state index in [1.807, 2.05) is 0 Å². The van der Waals surface area contributed by atoms with Gasteiger partial charge in [-0.2, -0.15) is 0 Å². The van der Waals surface area contributed by atoms with Crippen LogP contribution < -0.4 is 5.32 Å². The fourth-order valence-electron chi connectivity index (χ4n) is 1.88. The fourth-order valence-corrected chi connectivity index (χ4v) is 2.65. The first-order valence-electron chi connectivity index (χ1n) is 7.00. The van der Waals surface area contributed by atoms with Crippen molar-refractivity contribution >= 4 is 10.0 Å². The van der Waals surface area contributed by atoms with E-state index in [-0.39, 0.29) is 5.75 Å². The first-order valence-corrected chi connectivity index (χ1v) is 8.61. The molecule has 5 heteroatoms. The first-order chi connectivity index (χ1) is 9.31. The maximum Gasteiger partial charge on any atom is 0.214 e. The molecule has 0 heterocycles. The molecule has 0 aliphatic carbocycles. The highest BCUT2D eigenvalue weighted by Crippen LogP contribution is 2.09.